The third-order valence-corrected chi connectivity index (χ3v) is 3.63. The highest BCUT2D eigenvalue weighted by Gasteiger charge is 2.11. The Labute approximate surface area is 105 Å². The lowest BCUT2D eigenvalue weighted by atomic mass is 9.41. The maximum Gasteiger partial charge on any atom is 0.139 e. The van der Waals surface area contributed by atoms with E-state index in [0.29, 0.717) is 0 Å². The average molecular weight is 224 g/mol. The molecule has 0 fully saturated rings. The first kappa shape index (κ1) is 16.1. The molecule has 0 aliphatic heterocycles. The summed E-state index contributed by atoms with van der Waals surface area (Å²) in [5, 5.41) is 0. The Morgan fingerprint density at radius 3 is 1.38 bits per heavy atom. The van der Waals surface area contributed by atoms with Crippen molar-refractivity contribution in [2.24, 2.45) is 0 Å². The van der Waals surface area contributed by atoms with E-state index in [1.807, 2.05) is 0 Å². The zero-order valence-corrected chi connectivity index (χ0v) is 12.1. The minimum Gasteiger partial charge on any atom is -0.0744 e. The van der Waals surface area contributed by atoms with Crippen molar-refractivity contribution >= 4 is 6.71 Å². The predicted octanol–water partition coefficient (Wildman–Crippen LogP) is 6.05. The first-order valence-electron chi connectivity index (χ1n) is 7.85. The standard InChI is InChI=1S/C15H33B/c1-4-7-9-11-14-16(13-6-3)15-12-10-8-5-2/h4-15H2,1-3H3. The lowest BCUT2D eigenvalue weighted by molar-refractivity contribution is 0.683. The Balaban J connectivity index is 3.45. The highest BCUT2D eigenvalue weighted by Crippen LogP contribution is 2.17. The van der Waals surface area contributed by atoms with Crippen molar-refractivity contribution in [2.45, 2.75) is 97.5 Å². The molecule has 0 aliphatic rings. The van der Waals surface area contributed by atoms with Crippen LogP contribution in [0.1, 0.15) is 78.6 Å². The fraction of sp³-hybridized carbons (Fsp3) is 1.00. The van der Waals surface area contributed by atoms with Crippen molar-refractivity contribution in [3.8, 4) is 0 Å². The number of hydrogen-bond donors (Lipinski definition) is 0. The topological polar surface area (TPSA) is 0 Å². The second-order valence-electron chi connectivity index (χ2n) is 5.35. The van der Waals surface area contributed by atoms with Gasteiger partial charge in [-0.2, -0.15) is 0 Å². The van der Waals surface area contributed by atoms with E-state index in [4.69, 9.17) is 0 Å². The molecule has 16 heavy (non-hydrogen) atoms. The smallest absolute Gasteiger partial charge is 0.0744 e. The molecule has 0 spiro atoms. The second-order valence-corrected chi connectivity index (χ2v) is 5.35. The van der Waals surface area contributed by atoms with Gasteiger partial charge in [-0.1, -0.05) is 97.5 Å². The van der Waals surface area contributed by atoms with Gasteiger partial charge in [0.2, 0.25) is 0 Å². The molecule has 0 heterocycles. The van der Waals surface area contributed by atoms with Gasteiger partial charge in [-0.3, -0.25) is 0 Å². The molecule has 0 rings (SSSR count). The molecule has 0 N–H and O–H groups in total. The zero-order valence-electron chi connectivity index (χ0n) is 12.1. The quantitative estimate of drug-likeness (QED) is 0.279. The molecular formula is C15H33B. The van der Waals surface area contributed by atoms with Gasteiger partial charge in [0, 0.05) is 0 Å². The molecule has 96 valence electrons. The van der Waals surface area contributed by atoms with Crippen LogP contribution in [0.15, 0.2) is 0 Å². The van der Waals surface area contributed by atoms with Crippen molar-refractivity contribution in [3.63, 3.8) is 0 Å². The van der Waals surface area contributed by atoms with Crippen LogP contribution >= 0.6 is 0 Å². The van der Waals surface area contributed by atoms with Crippen LogP contribution in [0.3, 0.4) is 0 Å². The van der Waals surface area contributed by atoms with Crippen LogP contribution in [0.4, 0.5) is 0 Å². The largest absolute Gasteiger partial charge is 0.139 e. The van der Waals surface area contributed by atoms with Gasteiger partial charge in [0.25, 0.3) is 0 Å². The fourth-order valence-corrected chi connectivity index (χ4v) is 2.56. The molecule has 0 aromatic rings. The lowest BCUT2D eigenvalue weighted by Gasteiger charge is -2.12. The Kier molecular flexibility index (Phi) is 13.2. The molecule has 0 atom stereocenters. The molecule has 0 radical (unpaired) electrons. The van der Waals surface area contributed by atoms with Gasteiger partial charge in [0.1, 0.15) is 6.71 Å². The summed E-state index contributed by atoms with van der Waals surface area (Å²) >= 11 is 0. The first-order valence-corrected chi connectivity index (χ1v) is 7.85. The molecule has 0 nitrogen and oxygen atoms in total. The highest BCUT2D eigenvalue weighted by molar-refractivity contribution is 6.58. The van der Waals surface area contributed by atoms with E-state index in [0.717, 1.165) is 6.71 Å². The van der Waals surface area contributed by atoms with Crippen LogP contribution in [-0.4, -0.2) is 6.71 Å². The summed E-state index contributed by atoms with van der Waals surface area (Å²) in [6.45, 7) is 7.98. The summed E-state index contributed by atoms with van der Waals surface area (Å²) in [6.07, 6.45) is 17.4. The average Bonchev–Trinajstić information content (AvgIpc) is 2.30. The summed E-state index contributed by atoms with van der Waals surface area (Å²) in [6, 6.07) is 0. The molecule has 0 aliphatic carbocycles. The van der Waals surface area contributed by atoms with Crippen LogP contribution in [0.2, 0.25) is 19.0 Å². The Bertz CT molecular complexity index is 111. The first-order chi connectivity index (χ1) is 7.85. The molecule has 0 amide bonds. The Hall–Kier alpha value is 0.0649. The van der Waals surface area contributed by atoms with Gasteiger partial charge in [-0.05, 0) is 0 Å². The zero-order chi connectivity index (χ0) is 12.1. The third kappa shape index (κ3) is 10.6. The SMILES string of the molecule is CCCCCCB(CCC)CCCCCC. The van der Waals surface area contributed by atoms with Gasteiger partial charge in [-0.15, -0.1) is 0 Å². The van der Waals surface area contributed by atoms with Gasteiger partial charge in [-0.25, -0.2) is 0 Å². The molecule has 0 saturated heterocycles. The molecular weight excluding hydrogens is 191 g/mol. The van der Waals surface area contributed by atoms with Gasteiger partial charge in [0.15, 0.2) is 0 Å². The summed E-state index contributed by atoms with van der Waals surface area (Å²) < 4.78 is 0. The molecule has 0 bridgehead atoms. The molecule has 0 unspecified atom stereocenters. The second kappa shape index (κ2) is 13.1. The maximum atomic E-state index is 2.34. The minimum atomic E-state index is 1.04. The van der Waals surface area contributed by atoms with Crippen LogP contribution in [0, 0.1) is 0 Å². The van der Waals surface area contributed by atoms with Crippen LogP contribution in [-0.2, 0) is 0 Å². The van der Waals surface area contributed by atoms with E-state index in [1.165, 1.54) is 76.7 Å². The van der Waals surface area contributed by atoms with Crippen molar-refractivity contribution < 1.29 is 0 Å². The van der Waals surface area contributed by atoms with Crippen LogP contribution in [0.5, 0.6) is 0 Å². The number of rotatable bonds is 12. The van der Waals surface area contributed by atoms with E-state index in [9.17, 15) is 0 Å². The molecule has 0 aromatic heterocycles. The Morgan fingerprint density at radius 2 is 1.00 bits per heavy atom. The van der Waals surface area contributed by atoms with E-state index in [-0.39, 0.29) is 0 Å². The monoisotopic (exact) mass is 224 g/mol. The summed E-state index contributed by atoms with van der Waals surface area (Å²) in [5.41, 5.74) is 0. The van der Waals surface area contributed by atoms with Crippen molar-refractivity contribution in [1.82, 2.24) is 0 Å². The van der Waals surface area contributed by atoms with Crippen LogP contribution in [0.25, 0.3) is 0 Å². The third-order valence-electron chi connectivity index (χ3n) is 3.63. The molecule has 1 heteroatoms. The summed E-state index contributed by atoms with van der Waals surface area (Å²) in [7, 11) is 0. The number of hydrogen-bond acceptors (Lipinski definition) is 0. The summed E-state index contributed by atoms with van der Waals surface area (Å²) in [5.74, 6) is 0. The van der Waals surface area contributed by atoms with Crippen LogP contribution < -0.4 is 0 Å². The fourth-order valence-electron chi connectivity index (χ4n) is 2.56. The molecule has 0 saturated carbocycles. The molecule has 0 aromatic carbocycles. The summed E-state index contributed by atoms with van der Waals surface area (Å²) in [4.78, 5) is 0. The Morgan fingerprint density at radius 1 is 0.500 bits per heavy atom. The van der Waals surface area contributed by atoms with Gasteiger partial charge < -0.3 is 0 Å². The predicted molar refractivity (Wildman–Crippen MR) is 78.8 cm³/mol. The van der Waals surface area contributed by atoms with Gasteiger partial charge in [0.05, 0.1) is 0 Å². The van der Waals surface area contributed by atoms with Gasteiger partial charge >= 0.3 is 0 Å². The van der Waals surface area contributed by atoms with E-state index in [2.05, 4.69) is 20.8 Å². The number of unbranched alkanes of at least 4 members (excludes halogenated alkanes) is 6. The van der Waals surface area contributed by atoms with Crippen molar-refractivity contribution in [2.75, 3.05) is 0 Å². The maximum absolute atomic E-state index is 2.34. The van der Waals surface area contributed by atoms with Crippen molar-refractivity contribution in [3.05, 3.63) is 0 Å². The lowest BCUT2D eigenvalue weighted by Crippen LogP contribution is -2.11. The van der Waals surface area contributed by atoms with E-state index >= 15 is 0 Å². The van der Waals surface area contributed by atoms with Crippen molar-refractivity contribution in [1.29, 1.82) is 0 Å². The highest BCUT2D eigenvalue weighted by atomic mass is 13.9. The normalized spacial score (nSPS) is 10.7. The minimum absolute atomic E-state index is 1.04. The van der Waals surface area contributed by atoms with E-state index < -0.39 is 0 Å². The van der Waals surface area contributed by atoms with E-state index in [1.54, 1.807) is 0 Å².